The van der Waals surface area contributed by atoms with Crippen LogP contribution in [0.2, 0.25) is 0 Å². The molecule has 0 aliphatic carbocycles. The highest BCUT2D eigenvalue weighted by Gasteiger charge is 2.31. The van der Waals surface area contributed by atoms with Gasteiger partial charge >= 0.3 is 0 Å². The van der Waals surface area contributed by atoms with Crippen LogP contribution < -0.4 is 10.1 Å². The van der Waals surface area contributed by atoms with Gasteiger partial charge in [0.05, 0.1) is 5.56 Å². The van der Waals surface area contributed by atoms with Crippen LogP contribution in [0.4, 0.5) is 13.2 Å². The van der Waals surface area contributed by atoms with Crippen LogP contribution in [0.5, 0.6) is 5.75 Å². The Morgan fingerprint density at radius 2 is 1.79 bits per heavy atom. The number of fused-ring (bicyclic) bond motifs is 1. The molecule has 0 fully saturated rings. The fraction of sp³-hybridized carbons (Fsp3) is 0.235. The first-order valence-electron chi connectivity index (χ1n) is 7.31. The average molecular weight is 337 g/mol. The Labute approximate surface area is 135 Å². The standard InChI is InChI=1S/C17H14F3NO3/c18-10-4-2-5-11(19)15(10)13(22)8-21-17(23)14-7-9-3-1-6-12(20)16(9)24-14/h1-6,13-14,22H,7-8H2,(H,21,23)/t13-,14-/m1/s1. The van der Waals surface area contributed by atoms with E-state index < -0.39 is 47.7 Å². The predicted molar refractivity (Wildman–Crippen MR) is 78.8 cm³/mol. The number of nitrogens with one attached hydrogen (secondary N) is 1. The van der Waals surface area contributed by atoms with E-state index in [2.05, 4.69) is 5.32 Å². The minimum absolute atomic E-state index is 0.0262. The fourth-order valence-corrected chi connectivity index (χ4v) is 2.62. The van der Waals surface area contributed by atoms with Gasteiger partial charge in [-0.3, -0.25) is 4.79 Å². The van der Waals surface area contributed by atoms with Crippen LogP contribution in [0.15, 0.2) is 36.4 Å². The molecular formula is C17H14F3NO3. The summed E-state index contributed by atoms with van der Waals surface area (Å²) < 4.78 is 46.0. The molecule has 2 aromatic carbocycles. The molecule has 24 heavy (non-hydrogen) atoms. The van der Waals surface area contributed by atoms with Crippen molar-refractivity contribution in [3.05, 3.63) is 65.0 Å². The molecule has 0 saturated carbocycles. The van der Waals surface area contributed by atoms with E-state index in [1.165, 1.54) is 18.2 Å². The molecule has 0 spiro atoms. The number of para-hydroxylation sites is 1. The molecule has 0 aromatic heterocycles. The van der Waals surface area contributed by atoms with Gasteiger partial charge in [0, 0.05) is 18.5 Å². The van der Waals surface area contributed by atoms with Crippen molar-refractivity contribution in [3.8, 4) is 5.75 Å². The number of carbonyl (C=O) groups excluding carboxylic acids is 1. The first-order chi connectivity index (χ1) is 11.5. The Kier molecular flexibility index (Phi) is 4.44. The molecule has 1 amide bonds. The monoisotopic (exact) mass is 337 g/mol. The summed E-state index contributed by atoms with van der Waals surface area (Å²) in [7, 11) is 0. The number of rotatable bonds is 4. The highest BCUT2D eigenvalue weighted by atomic mass is 19.1. The van der Waals surface area contributed by atoms with Crippen LogP contribution in [0, 0.1) is 17.5 Å². The zero-order chi connectivity index (χ0) is 17.3. The van der Waals surface area contributed by atoms with Crippen LogP contribution >= 0.6 is 0 Å². The number of aliphatic hydroxyl groups excluding tert-OH is 1. The molecule has 2 N–H and O–H groups in total. The number of benzene rings is 2. The molecular weight excluding hydrogens is 323 g/mol. The third kappa shape index (κ3) is 3.07. The first-order valence-corrected chi connectivity index (χ1v) is 7.31. The van der Waals surface area contributed by atoms with Crippen molar-refractivity contribution in [2.75, 3.05) is 6.54 Å². The quantitative estimate of drug-likeness (QED) is 0.900. The van der Waals surface area contributed by atoms with Gasteiger partial charge in [-0.2, -0.15) is 0 Å². The zero-order valence-corrected chi connectivity index (χ0v) is 12.4. The number of halogens is 3. The van der Waals surface area contributed by atoms with Crippen LogP contribution in [0.3, 0.4) is 0 Å². The zero-order valence-electron chi connectivity index (χ0n) is 12.4. The summed E-state index contributed by atoms with van der Waals surface area (Å²) in [6, 6.07) is 7.60. The van der Waals surface area contributed by atoms with E-state index >= 15 is 0 Å². The maximum absolute atomic E-state index is 13.6. The lowest BCUT2D eigenvalue weighted by Gasteiger charge is -2.16. The summed E-state index contributed by atoms with van der Waals surface area (Å²) in [6.45, 7) is -0.393. The minimum atomic E-state index is -1.55. The average Bonchev–Trinajstić information content (AvgIpc) is 2.98. The Morgan fingerprint density at radius 3 is 2.46 bits per heavy atom. The summed E-state index contributed by atoms with van der Waals surface area (Å²) >= 11 is 0. The minimum Gasteiger partial charge on any atom is -0.477 e. The highest BCUT2D eigenvalue weighted by Crippen LogP contribution is 2.31. The van der Waals surface area contributed by atoms with Crippen LogP contribution in [0.1, 0.15) is 17.2 Å². The lowest BCUT2D eigenvalue weighted by Crippen LogP contribution is -2.39. The van der Waals surface area contributed by atoms with Gasteiger partial charge in [0.25, 0.3) is 5.91 Å². The summed E-state index contributed by atoms with van der Waals surface area (Å²) in [5.41, 5.74) is 0.0512. The molecule has 1 heterocycles. The van der Waals surface area contributed by atoms with Gasteiger partial charge in [-0.05, 0) is 18.2 Å². The smallest absolute Gasteiger partial charge is 0.261 e. The molecule has 0 radical (unpaired) electrons. The highest BCUT2D eigenvalue weighted by molar-refractivity contribution is 5.82. The van der Waals surface area contributed by atoms with Gasteiger partial charge in [-0.25, -0.2) is 13.2 Å². The number of aliphatic hydroxyl groups is 1. The lowest BCUT2D eigenvalue weighted by molar-refractivity contribution is -0.127. The van der Waals surface area contributed by atoms with E-state index in [0.717, 1.165) is 12.1 Å². The largest absolute Gasteiger partial charge is 0.477 e. The molecule has 126 valence electrons. The number of hydrogen-bond donors (Lipinski definition) is 2. The van der Waals surface area contributed by atoms with Gasteiger partial charge in [0.2, 0.25) is 0 Å². The van der Waals surface area contributed by atoms with Crippen LogP contribution in [-0.4, -0.2) is 23.7 Å². The Hall–Kier alpha value is -2.54. The normalized spacial score (nSPS) is 17.1. The Balaban J connectivity index is 1.62. The van der Waals surface area contributed by atoms with Crippen molar-refractivity contribution >= 4 is 5.91 Å². The van der Waals surface area contributed by atoms with Crippen molar-refractivity contribution in [2.45, 2.75) is 18.6 Å². The third-order valence-electron chi connectivity index (χ3n) is 3.81. The van der Waals surface area contributed by atoms with Gasteiger partial charge in [-0.1, -0.05) is 18.2 Å². The second-order valence-corrected chi connectivity index (χ2v) is 5.43. The van der Waals surface area contributed by atoms with E-state index in [4.69, 9.17) is 4.74 Å². The van der Waals surface area contributed by atoms with Gasteiger partial charge < -0.3 is 15.2 Å². The fourth-order valence-electron chi connectivity index (χ4n) is 2.62. The van der Waals surface area contributed by atoms with Gasteiger partial charge in [0.15, 0.2) is 17.7 Å². The third-order valence-corrected chi connectivity index (χ3v) is 3.81. The molecule has 7 heteroatoms. The van der Waals surface area contributed by atoms with Gasteiger partial charge in [0.1, 0.15) is 17.7 Å². The molecule has 2 atom stereocenters. The number of hydrogen-bond acceptors (Lipinski definition) is 3. The van der Waals surface area contributed by atoms with E-state index in [9.17, 15) is 23.1 Å². The molecule has 1 aliphatic rings. The second kappa shape index (κ2) is 6.52. The van der Waals surface area contributed by atoms with Crippen molar-refractivity contribution in [2.24, 2.45) is 0 Å². The summed E-state index contributed by atoms with van der Waals surface area (Å²) in [5, 5.41) is 12.3. The van der Waals surface area contributed by atoms with E-state index in [1.54, 1.807) is 6.07 Å². The first kappa shape index (κ1) is 16.3. The Morgan fingerprint density at radius 1 is 1.17 bits per heavy atom. The van der Waals surface area contributed by atoms with Gasteiger partial charge in [-0.15, -0.1) is 0 Å². The number of ether oxygens (including phenoxy) is 1. The predicted octanol–water partition coefficient (Wildman–Crippen LogP) is 2.26. The molecule has 2 aromatic rings. The summed E-state index contributed by atoms with van der Waals surface area (Å²) in [5.74, 6) is -2.93. The van der Waals surface area contributed by atoms with E-state index in [1.807, 2.05) is 0 Å². The topological polar surface area (TPSA) is 58.6 Å². The maximum atomic E-state index is 13.6. The molecule has 1 aliphatic heterocycles. The van der Waals surface area contributed by atoms with Crippen molar-refractivity contribution in [3.63, 3.8) is 0 Å². The molecule has 0 unspecified atom stereocenters. The summed E-state index contributed by atoms with van der Waals surface area (Å²) in [6.07, 6.45) is -2.31. The molecule has 3 rings (SSSR count). The van der Waals surface area contributed by atoms with Crippen molar-refractivity contribution in [1.82, 2.24) is 5.32 Å². The molecule has 0 saturated heterocycles. The number of amides is 1. The van der Waals surface area contributed by atoms with E-state index in [-0.39, 0.29) is 12.2 Å². The SMILES string of the molecule is O=C(NC[C@@H](O)c1c(F)cccc1F)[C@H]1Cc2cccc(F)c2O1. The van der Waals surface area contributed by atoms with E-state index in [0.29, 0.717) is 5.56 Å². The van der Waals surface area contributed by atoms with Crippen LogP contribution in [0.25, 0.3) is 0 Å². The van der Waals surface area contributed by atoms with Crippen LogP contribution in [-0.2, 0) is 11.2 Å². The van der Waals surface area contributed by atoms with Crippen molar-refractivity contribution < 1.29 is 27.8 Å². The summed E-state index contributed by atoms with van der Waals surface area (Å²) in [4.78, 5) is 12.1. The Bertz CT molecular complexity index is 761. The lowest BCUT2D eigenvalue weighted by atomic mass is 10.1. The second-order valence-electron chi connectivity index (χ2n) is 5.43. The number of carbonyl (C=O) groups is 1. The maximum Gasteiger partial charge on any atom is 0.261 e. The molecule has 0 bridgehead atoms. The van der Waals surface area contributed by atoms with Crippen molar-refractivity contribution in [1.29, 1.82) is 0 Å². The molecule has 4 nitrogen and oxygen atoms in total.